The van der Waals surface area contributed by atoms with Gasteiger partial charge in [0.1, 0.15) is 11.4 Å². The minimum Gasteiger partial charge on any atom is -0.493 e. The predicted octanol–water partition coefficient (Wildman–Crippen LogP) is 4.71. The number of alkyl carbamates (subject to hydrolysis) is 1. The summed E-state index contributed by atoms with van der Waals surface area (Å²) in [5.41, 5.74) is 2.61. The van der Waals surface area contributed by atoms with Crippen LogP contribution in [-0.2, 0) is 11.3 Å². The molecule has 0 saturated carbocycles. The van der Waals surface area contributed by atoms with Gasteiger partial charge in [0.25, 0.3) is 0 Å². The lowest BCUT2D eigenvalue weighted by molar-refractivity contribution is 0.0523. The Morgan fingerprint density at radius 3 is 2.43 bits per heavy atom. The maximum atomic E-state index is 11.9. The van der Waals surface area contributed by atoms with Gasteiger partial charge in [-0.1, -0.05) is 42.5 Å². The topological polar surface area (TPSA) is 50.8 Å². The van der Waals surface area contributed by atoms with E-state index in [2.05, 4.69) is 36.4 Å². The fraction of sp³-hybridized carbons (Fsp3) is 0.435. The molecular weight excluding hydrogens is 352 g/mol. The first kappa shape index (κ1) is 21.8. The number of benzene rings is 2. The Kier molecular flexibility index (Phi) is 7.88. The van der Waals surface area contributed by atoms with Crippen LogP contribution in [-0.4, -0.2) is 43.8 Å². The number of carbonyl (C=O) groups excluding carboxylic acids is 1. The Morgan fingerprint density at radius 1 is 1.07 bits per heavy atom. The van der Waals surface area contributed by atoms with Gasteiger partial charge in [0.15, 0.2) is 0 Å². The fourth-order valence-corrected chi connectivity index (χ4v) is 2.70. The third kappa shape index (κ3) is 7.61. The predicted molar refractivity (Wildman–Crippen MR) is 114 cm³/mol. The average Bonchev–Trinajstić information content (AvgIpc) is 2.63. The van der Waals surface area contributed by atoms with E-state index in [0.29, 0.717) is 13.2 Å². The monoisotopic (exact) mass is 384 g/mol. The van der Waals surface area contributed by atoms with Crippen LogP contribution in [0.1, 0.15) is 32.8 Å². The molecule has 0 radical (unpaired) electrons. The van der Waals surface area contributed by atoms with E-state index in [1.54, 1.807) is 0 Å². The van der Waals surface area contributed by atoms with Crippen molar-refractivity contribution in [1.29, 1.82) is 0 Å². The zero-order valence-electron chi connectivity index (χ0n) is 17.6. The molecule has 0 aromatic heterocycles. The molecule has 1 N–H and O–H groups in total. The van der Waals surface area contributed by atoms with Crippen LogP contribution in [0.25, 0.3) is 11.1 Å². The summed E-state index contributed by atoms with van der Waals surface area (Å²) >= 11 is 0. The summed E-state index contributed by atoms with van der Waals surface area (Å²) in [6.45, 7) is 7.54. The normalized spacial score (nSPS) is 11.4. The highest BCUT2D eigenvalue weighted by atomic mass is 16.6. The highest BCUT2D eigenvalue weighted by Crippen LogP contribution is 2.31. The van der Waals surface area contributed by atoms with Crippen molar-refractivity contribution in [2.45, 2.75) is 39.3 Å². The first-order chi connectivity index (χ1) is 13.2. The zero-order chi connectivity index (χ0) is 20.6. The first-order valence-electron chi connectivity index (χ1n) is 9.67. The van der Waals surface area contributed by atoms with Crippen molar-refractivity contribution >= 4 is 6.09 Å². The van der Waals surface area contributed by atoms with E-state index < -0.39 is 11.7 Å². The maximum Gasteiger partial charge on any atom is 0.407 e. The number of amides is 1. The van der Waals surface area contributed by atoms with E-state index in [1.165, 1.54) is 0 Å². The van der Waals surface area contributed by atoms with Gasteiger partial charge in [-0.2, -0.15) is 0 Å². The van der Waals surface area contributed by atoms with Gasteiger partial charge in [0.2, 0.25) is 0 Å². The van der Waals surface area contributed by atoms with Gasteiger partial charge in [-0.15, -0.1) is 0 Å². The highest BCUT2D eigenvalue weighted by Gasteiger charge is 2.16. The molecule has 0 aliphatic carbocycles. The summed E-state index contributed by atoms with van der Waals surface area (Å²) in [5.74, 6) is 0.827. The molecule has 0 atom stereocenters. The second kappa shape index (κ2) is 10.1. The van der Waals surface area contributed by atoms with E-state index in [1.807, 2.05) is 57.2 Å². The molecule has 2 aromatic rings. The largest absolute Gasteiger partial charge is 0.493 e. The van der Waals surface area contributed by atoms with Gasteiger partial charge < -0.3 is 19.7 Å². The van der Waals surface area contributed by atoms with Gasteiger partial charge >= 0.3 is 6.09 Å². The van der Waals surface area contributed by atoms with Gasteiger partial charge in [-0.3, -0.25) is 0 Å². The van der Waals surface area contributed by atoms with Crippen molar-refractivity contribution in [3.63, 3.8) is 0 Å². The molecule has 0 bridgehead atoms. The van der Waals surface area contributed by atoms with Crippen LogP contribution in [0.3, 0.4) is 0 Å². The quantitative estimate of drug-likeness (QED) is 0.670. The molecule has 5 heteroatoms. The number of hydrogen-bond acceptors (Lipinski definition) is 4. The number of ether oxygens (including phenoxy) is 2. The molecule has 28 heavy (non-hydrogen) atoms. The highest BCUT2D eigenvalue weighted by molar-refractivity contribution is 5.71. The Labute approximate surface area is 168 Å². The molecule has 0 spiro atoms. The van der Waals surface area contributed by atoms with Crippen LogP contribution in [0, 0.1) is 0 Å². The minimum atomic E-state index is -0.512. The van der Waals surface area contributed by atoms with Crippen molar-refractivity contribution in [1.82, 2.24) is 10.2 Å². The SMILES string of the molecule is CN(C)CCCOc1cc(CNC(=O)OC(C)(C)C)ccc1-c1ccccc1. The number of carbonyl (C=O) groups is 1. The third-order valence-electron chi connectivity index (χ3n) is 3.97. The molecule has 0 aliphatic heterocycles. The van der Waals surface area contributed by atoms with E-state index >= 15 is 0 Å². The number of nitrogens with one attached hydrogen (secondary N) is 1. The number of hydrogen-bond donors (Lipinski definition) is 1. The Morgan fingerprint density at radius 2 is 1.79 bits per heavy atom. The fourth-order valence-electron chi connectivity index (χ4n) is 2.70. The third-order valence-corrected chi connectivity index (χ3v) is 3.97. The zero-order valence-corrected chi connectivity index (χ0v) is 17.6. The van der Waals surface area contributed by atoms with Crippen molar-refractivity contribution in [2.24, 2.45) is 0 Å². The van der Waals surface area contributed by atoms with Crippen molar-refractivity contribution in [2.75, 3.05) is 27.2 Å². The van der Waals surface area contributed by atoms with Crippen molar-refractivity contribution in [3.05, 3.63) is 54.1 Å². The van der Waals surface area contributed by atoms with Gasteiger partial charge in [0.05, 0.1) is 6.61 Å². The van der Waals surface area contributed by atoms with Crippen LogP contribution in [0.15, 0.2) is 48.5 Å². The van der Waals surface area contributed by atoms with Gasteiger partial charge in [0, 0.05) is 18.7 Å². The van der Waals surface area contributed by atoms with E-state index in [0.717, 1.165) is 35.4 Å². The Balaban J connectivity index is 2.11. The second-order valence-electron chi connectivity index (χ2n) is 8.06. The van der Waals surface area contributed by atoms with Crippen LogP contribution in [0.2, 0.25) is 0 Å². The summed E-state index contributed by atoms with van der Waals surface area (Å²) < 4.78 is 11.4. The lowest BCUT2D eigenvalue weighted by Gasteiger charge is -2.20. The molecule has 0 unspecified atom stereocenters. The van der Waals surface area contributed by atoms with E-state index in [9.17, 15) is 4.79 Å². The van der Waals surface area contributed by atoms with Crippen molar-refractivity contribution < 1.29 is 14.3 Å². The summed E-state index contributed by atoms with van der Waals surface area (Å²) in [6.07, 6.45) is 0.523. The number of nitrogens with zero attached hydrogens (tertiary/aromatic N) is 1. The van der Waals surface area contributed by atoms with Gasteiger partial charge in [-0.05, 0) is 58.5 Å². The standard InChI is InChI=1S/C23H32N2O3/c1-23(2,3)28-22(26)24-17-18-12-13-20(19-10-7-6-8-11-19)21(16-18)27-15-9-14-25(4)5/h6-8,10-13,16H,9,14-15,17H2,1-5H3,(H,24,26). The lowest BCUT2D eigenvalue weighted by atomic mass is 10.0. The van der Waals surface area contributed by atoms with E-state index in [-0.39, 0.29) is 0 Å². The molecule has 2 rings (SSSR count). The molecule has 2 aromatic carbocycles. The van der Waals surface area contributed by atoms with Gasteiger partial charge in [-0.25, -0.2) is 4.79 Å². The Hall–Kier alpha value is -2.53. The molecule has 0 fully saturated rings. The summed E-state index contributed by atoms with van der Waals surface area (Å²) in [4.78, 5) is 14.1. The molecule has 0 heterocycles. The molecule has 5 nitrogen and oxygen atoms in total. The summed E-state index contributed by atoms with van der Waals surface area (Å²) in [7, 11) is 4.11. The second-order valence-corrected chi connectivity index (χ2v) is 8.06. The van der Waals surface area contributed by atoms with Crippen LogP contribution >= 0.6 is 0 Å². The van der Waals surface area contributed by atoms with Crippen molar-refractivity contribution in [3.8, 4) is 16.9 Å². The van der Waals surface area contributed by atoms with E-state index in [4.69, 9.17) is 9.47 Å². The molecular formula is C23H32N2O3. The van der Waals surface area contributed by atoms with Crippen LogP contribution in [0.4, 0.5) is 4.79 Å². The summed E-state index contributed by atoms with van der Waals surface area (Å²) in [5, 5.41) is 2.80. The average molecular weight is 385 g/mol. The summed E-state index contributed by atoms with van der Waals surface area (Å²) in [6, 6.07) is 16.2. The smallest absolute Gasteiger partial charge is 0.407 e. The molecule has 0 aliphatic rings. The lowest BCUT2D eigenvalue weighted by Crippen LogP contribution is -2.32. The van der Waals surface area contributed by atoms with Crippen LogP contribution in [0.5, 0.6) is 5.75 Å². The number of rotatable bonds is 8. The molecule has 1 amide bonds. The first-order valence-corrected chi connectivity index (χ1v) is 9.67. The molecule has 0 saturated heterocycles. The minimum absolute atomic E-state index is 0.387. The Bertz CT molecular complexity index is 752. The van der Waals surface area contributed by atoms with Crippen LogP contribution < -0.4 is 10.1 Å². The maximum absolute atomic E-state index is 11.9. The molecule has 152 valence electrons.